The van der Waals surface area contributed by atoms with Gasteiger partial charge in [0.25, 0.3) is 0 Å². The standard InChI is InChI=1S/C11H22N4O/c1-4-6-15-11(13-9-14-15)7-10(8-16-3)12-5-2/h9-10,12H,4-8H2,1-3H3. The maximum atomic E-state index is 5.19. The minimum atomic E-state index is 0.315. The Morgan fingerprint density at radius 3 is 2.94 bits per heavy atom. The van der Waals surface area contributed by atoms with Gasteiger partial charge in [-0.25, -0.2) is 4.98 Å². The lowest BCUT2D eigenvalue weighted by Gasteiger charge is -2.16. The molecule has 1 aromatic heterocycles. The summed E-state index contributed by atoms with van der Waals surface area (Å²) in [5.41, 5.74) is 0. The van der Waals surface area contributed by atoms with E-state index in [-0.39, 0.29) is 0 Å². The number of aryl methyl sites for hydroxylation is 1. The van der Waals surface area contributed by atoms with E-state index >= 15 is 0 Å². The summed E-state index contributed by atoms with van der Waals surface area (Å²) in [6.45, 7) is 6.81. The predicted molar refractivity (Wildman–Crippen MR) is 63.4 cm³/mol. The van der Waals surface area contributed by atoms with Gasteiger partial charge < -0.3 is 10.1 Å². The van der Waals surface area contributed by atoms with Gasteiger partial charge in [0.2, 0.25) is 0 Å². The van der Waals surface area contributed by atoms with Crippen molar-refractivity contribution >= 4 is 0 Å². The molecular weight excluding hydrogens is 204 g/mol. The van der Waals surface area contributed by atoms with E-state index in [9.17, 15) is 0 Å². The smallest absolute Gasteiger partial charge is 0.138 e. The van der Waals surface area contributed by atoms with Crippen LogP contribution in [0.25, 0.3) is 0 Å². The number of likely N-dealkylation sites (N-methyl/N-ethyl adjacent to an activating group) is 1. The van der Waals surface area contributed by atoms with Crippen molar-refractivity contribution in [3.63, 3.8) is 0 Å². The van der Waals surface area contributed by atoms with Crippen molar-refractivity contribution < 1.29 is 4.74 Å². The van der Waals surface area contributed by atoms with Crippen LogP contribution in [-0.4, -0.2) is 41.1 Å². The van der Waals surface area contributed by atoms with Crippen LogP contribution in [0, 0.1) is 0 Å². The zero-order chi connectivity index (χ0) is 11.8. The predicted octanol–water partition coefficient (Wildman–Crippen LogP) is 0.855. The fourth-order valence-corrected chi connectivity index (χ4v) is 1.75. The first-order chi connectivity index (χ1) is 7.81. The largest absolute Gasteiger partial charge is 0.383 e. The van der Waals surface area contributed by atoms with Gasteiger partial charge in [-0.15, -0.1) is 0 Å². The quantitative estimate of drug-likeness (QED) is 0.714. The molecule has 0 bridgehead atoms. The van der Waals surface area contributed by atoms with E-state index < -0.39 is 0 Å². The van der Waals surface area contributed by atoms with Gasteiger partial charge in [-0.1, -0.05) is 13.8 Å². The van der Waals surface area contributed by atoms with Crippen LogP contribution >= 0.6 is 0 Å². The topological polar surface area (TPSA) is 52.0 Å². The second kappa shape index (κ2) is 7.35. The normalized spacial score (nSPS) is 12.9. The minimum Gasteiger partial charge on any atom is -0.383 e. The van der Waals surface area contributed by atoms with E-state index in [0.717, 1.165) is 31.8 Å². The van der Waals surface area contributed by atoms with Crippen molar-refractivity contribution in [1.82, 2.24) is 20.1 Å². The molecule has 0 aliphatic heterocycles. The molecule has 0 radical (unpaired) electrons. The summed E-state index contributed by atoms with van der Waals surface area (Å²) < 4.78 is 7.16. The molecule has 1 rings (SSSR count). The number of methoxy groups -OCH3 is 1. The van der Waals surface area contributed by atoms with Crippen molar-refractivity contribution in [2.45, 2.75) is 39.3 Å². The minimum absolute atomic E-state index is 0.315. The monoisotopic (exact) mass is 226 g/mol. The first-order valence-corrected chi connectivity index (χ1v) is 5.90. The summed E-state index contributed by atoms with van der Waals surface area (Å²) in [4.78, 5) is 4.30. The number of aromatic nitrogens is 3. The molecule has 0 saturated heterocycles. The molecule has 1 aromatic rings. The zero-order valence-electron chi connectivity index (χ0n) is 10.4. The Hall–Kier alpha value is -0.940. The Labute approximate surface area is 97.2 Å². The third-order valence-electron chi connectivity index (χ3n) is 2.42. The van der Waals surface area contributed by atoms with Crippen LogP contribution < -0.4 is 5.32 Å². The number of hydrogen-bond acceptors (Lipinski definition) is 4. The average molecular weight is 226 g/mol. The van der Waals surface area contributed by atoms with Gasteiger partial charge in [-0.3, -0.25) is 4.68 Å². The molecule has 0 fully saturated rings. The molecule has 1 N–H and O–H groups in total. The molecule has 1 heterocycles. The summed E-state index contributed by atoms with van der Waals surface area (Å²) >= 11 is 0. The first-order valence-electron chi connectivity index (χ1n) is 5.90. The van der Waals surface area contributed by atoms with Crippen molar-refractivity contribution in [3.8, 4) is 0 Å². The van der Waals surface area contributed by atoms with Crippen LogP contribution in [0.5, 0.6) is 0 Å². The van der Waals surface area contributed by atoms with E-state index in [2.05, 4.69) is 29.2 Å². The van der Waals surface area contributed by atoms with Gasteiger partial charge in [0.05, 0.1) is 6.61 Å². The third-order valence-corrected chi connectivity index (χ3v) is 2.42. The number of rotatable bonds is 8. The molecule has 5 heteroatoms. The fourth-order valence-electron chi connectivity index (χ4n) is 1.75. The second-order valence-corrected chi connectivity index (χ2v) is 3.81. The summed E-state index contributed by atoms with van der Waals surface area (Å²) in [5.74, 6) is 1.03. The zero-order valence-corrected chi connectivity index (χ0v) is 10.4. The molecule has 1 atom stereocenters. The van der Waals surface area contributed by atoms with E-state index in [1.165, 1.54) is 0 Å². The van der Waals surface area contributed by atoms with E-state index in [1.54, 1.807) is 13.4 Å². The number of nitrogens with one attached hydrogen (secondary N) is 1. The Kier molecular flexibility index (Phi) is 6.03. The summed E-state index contributed by atoms with van der Waals surface area (Å²) in [7, 11) is 1.72. The lowest BCUT2D eigenvalue weighted by atomic mass is 10.2. The lowest BCUT2D eigenvalue weighted by Crippen LogP contribution is -2.35. The van der Waals surface area contributed by atoms with Crippen molar-refractivity contribution in [1.29, 1.82) is 0 Å². The lowest BCUT2D eigenvalue weighted by molar-refractivity contribution is 0.165. The van der Waals surface area contributed by atoms with Crippen molar-refractivity contribution in [2.24, 2.45) is 0 Å². The summed E-state index contributed by atoms with van der Waals surface area (Å²) in [5, 5.41) is 7.60. The van der Waals surface area contributed by atoms with E-state index in [1.807, 2.05) is 4.68 Å². The third kappa shape index (κ3) is 3.90. The first kappa shape index (κ1) is 13.1. The van der Waals surface area contributed by atoms with Gasteiger partial charge in [-0.05, 0) is 13.0 Å². The molecule has 16 heavy (non-hydrogen) atoms. The molecule has 1 unspecified atom stereocenters. The van der Waals surface area contributed by atoms with Gasteiger partial charge in [0.15, 0.2) is 0 Å². The van der Waals surface area contributed by atoms with Gasteiger partial charge in [0, 0.05) is 26.1 Å². The van der Waals surface area contributed by atoms with Gasteiger partial charge in [0.1, 0.15) is 12.2 Å². The van der Waals surface area contributed by atoms with Crippen molar-refractivity contribution in [3.05, 3.63) is 12.2 Å². The highest BCUT2D eigenvalue weighted by atomic mass is 16.5. The Morgan fingerprint density at radius 1 is 1.50 bits per heavy atom. The van der Waals surface area contributed by atoms with Crippen molar-refractivity contribution in [2.75, 3.05) is 20.3 Å². The molecule has 0 spiro atoms. The number of ether oxygens (including phenoxy) is 1. The van der Waals surface area contributed by atoms with Crippen LogP contribution in [0.1, 0.15) is 26.1 Å². The number of nitrogens with zero attached hydrogens (tertiary/aromatic N) is 3. The molecule has 0 aliphatic rings. The van der Waals surface area contributed by atoms with Crippen LogP contribution in [0.4, 0.5) is 0 Å². The Bertz CT molecular complexity index is 281. The fraction of sp³-hybridized carbons (Fsp3) is 0.818. The maximum absolute atomic E-state index is 5.19. The Morgan fingerprint density at radius 2 is 2.31 bits per heavy atom. The van der Waals surface area contributed by atoms with Gasteiger partial charge >= 0.3 is 0 Å². The molecule has 92 valence electrons. The van der Waals surface area contributed by atoms with Crippen LogP contribution in [0.2, 0.25) is 0 Å². The van der Waals surface area contributed by atoms with Crippen LogP contribution in [0.15, 0.2) is 6.33 Å². The molecule has 0 saturated carbocycles. The van der Waals surface area contributed by atoms with E-state index in [0.29, 0.717) is 12.6 Å². The summed E-state index contributed by atoms with van der Waals surface area (Å²) in [6, 6.07) is 0.315. The average Bonchev–Trinajstić information content (AvgIpc) is 2.67. The molecule has 0 amide bonds. The Balaban J connectivity index is 2.57. The highest BCUT2D eigenvalue weighted by molar-refractivity contribution is 4.89. The second-order valence-electron chi connectivity index (χ2n) is 3.81. The maximum Gasteiger partial charge on any atom is 0.138 e. The molecular formula is C11H22N4O. The highest BCUT2D eigenvalue weighted by Crippen LogP contribution is 2.01. The molecule has 0 aliphatic carbocycles. The summed E-state index contributed by atoms with van der Waals surface area (Å²) in [6.07, 6.45) is 3.56. The SMILES string of the molecule is CCCn1ncnc1CC(COC)NCC. The van der Waals surface area contributed by atoms with E-state index in [4.69, 9.17) is 4.74 Å². The molecule has 0 aromatic carbocycles. The van der Waals surface area contributed by atoms with Gasteiger partial charge in [-0.2, -0.15) is 5.10 Å². The van der Waals surface area contributed by atoms with Crippen LogP contribution in [-0.2, 0) is 17.7 Å². The van der Waals surface area contributed by atoms with Crippen LogP contribution in [0.3, 0.4) is 0 Å². The number of hydrogen-bond donors (Lipinski definition) is 1. The highest BCUT2D eigenvalue weighted by Gasteiger charge is 2.12. The molecule has 5 nitrogen and oxygen atoms in total.